The highest BCUT2D eigenvalue weighted by Gasteiger charge is 2.21. The first-order chi connectivity index (χ1) is 13.0. The fourth-order valence-electron chi connectivity index (χ4n) is 3.66. The van der Waals surface area contributed by atoms with Crippen molar-refractivity contribution in [3.63, 3.8) is 0 Å². The zero-order valence-corrected chi connectivity index (χ0v) is 16.0. The topological polar surface area (TPSA) is 49.4 Å². The van der Waals surface area contributed by atoms with Crippen molar-refractivity contribution in [2.45, 2.75) is 26.7 Å². The molecule has 0 radical (unpaired) electrons. The zero-order valence-electron chi connectivity index (χ0n) is 15.1. The number of thiophene rings is 1. The quantitative estimate of drug-likeness (QED) is 0.685. The van der Waals surface area contributed by atoms with Crippen molar-refractivity contribution in [3.05, 3.63) is 58.2 Å². The molecule has 2 heterocycles. The third kappa shape index (κ3) is 3.10. The minimum atomic E-state index is -0.307. The van der Waals surface area contributed by atoms with E-state index >= 15 is 0 Å². The van der Waals surface area contributed by atoms with E-state index in [0.717, 1.165) is 35.3 Å². The number of fused-ring (bicyclic) bond motifs is 2. The van der Waals surface area contributed by atoms with Crippen molar-refractivity contribution in [2.24, 2.45) is 0 Å². The number of halogens is 1. The van der Waals surface area contributed by atoms with Crippen molar-refractivity contribution in [2.75, 3.05) is 16.8 Å². The van der Waals surface area contributed by atoms with Crippen molar-refractivity contribution >= 4 is 44.6 Å². The summed E-state index contributed by atoms with van der Waals surface area (Å²) in [5.74, 6) is -0.527. The number of nitrogens with one attached hydrogen (secondary N) is 1. The van der Waals surface area contributed by atoms with Crippen LogP contribution in [0.25, 0.3) is 10.1 Å². The van der Waals surface area contributed by atoms with Gasteiger partial charge in [0, 0.05) is 34.9 Å². The number of nitrogens with zero attached hydrogens (tertiary/aromatic N) is 1. The van der Waals surface area contributed by atoms with E-state index < -0.39 is 0 Å². The van der Waals surface area contributed by atoms with Crippen LogP contribution in [-0.4, -0.2) is 18.4 Å². The van der Waals surface area contributed by atoms with Gasteiger partial charge < -0.3 is 10.2 Å². The zero-order chi connectivity index (χ0) is 19.1. The molecule has 0 fully saturated rings. The lowest BCUT2D eigenvalue weighted by molar-refractivity contribution is -0.116. The first-order valence-electron chi connectivity index (χ1n) is 8.85. The normalized spacial score (nSPS) is 13.5. The van der Waals surface area contributed by atoms with Crippen LogP contribution in [0.15, 0.2) is 36.4 Å². The summed E-state index contributed by atoms with van der Waals surface area (Å²) in [4.78, 5) is 26.8. The Morgan fingerprint density at radius 3 is 2.78 bits per heavy atom. The Hall–Kier alpha value is -2.73. The lowest BCUT2D eigenvalue weighted by Crippen LogP contribution is -2.33. The number of rotatable bonds is 2. The molecule has 6 heteroatoms. The summed E-state index contributed by atoms with van der Waals surface area (Å²) in [7, 11) is 0. The summed E-state index contributed by atoms with van der Waals surface area (Å²) in [5.41, 5.74) is 3.30. The van der Waals surface area contributed by atoms with E-state index in [0.29, 0.717) is 21.5 Å². The lowest BCUT2D eigenvalue weighted by Gasteiger charge is -2.28. The van der Waals surface area contributed by atoms with Crippen LogP contribution in [0, 0.1) is 12.7 Å². The van der Waals surface area contributed by atoms with Crippen molar-refractivity contribution in [1.29, 1.82) is 0 Å². The summed E-state index contributed by atoms with van der Waals surface area (Å²) >= 11 is 1.29. The molecular weight excluding hydrogens is 363 g/mol. The number of amides is 2. The van der Waals surface area contributed by atoms with E-state index in [1.54, 1.807) is 30.9 Å². The average Bonchev–Trinajstić information content (AvgIpc) is 2.99. The monoisotopic (exact) mass is 382 g/mol. The van der Waals surface area contributed by atoms with Gasteiger partial charge in [0.15, 0.2) is 0 Å². The molecule has 0 unspecified atom stereocenters. The molecule has 1 aliphatic rings. The van der Waals surface area contributed by atoms with Gasteiger partial charge in [-0.15, -0.1) is 11.3 Å². The van der Waals surface area contributed by atoms with Crippen LogP contribution in [0.3, 0.4) is 0 Å². The molecule has 1 aromatic heterocycles. The second kappa shape index (κ2) is 6.78. The summed E-state index contributed by atoms with van der Waals surface area (Å²) in [6.07, 6.45) is 1.77. The second-order valence-electron chi connectivity index (χ2n) is 6.74. The summed E-state index contributed by atoms with van der Waals surface area (Å²) < 4.78 is 14.8. The summed E-state index contributed by atoms with van der Waals surface area (Å²) in [6, 6.07) is 10.5. The van der Waals surface area contributed by atoms with Gasteiger partial charge in [0.1, 0.15) is 5.82 Å². The van der Waals surface area contributed by atoms with Gasteiger partial charge in [-0.1, -0.05) is 6.07 Å². The van der Waals surface area contributed by atoms with Gasteiger partial charge in [0.05, 0.1) is 4.88 Å². The number of hydrogen-bond donors (Lipinski definition) is 1. The van der Waals surface area contributed by atoms with Gasteiger partial charge >= 0.3 is 0 Å². The number of hydrogen-bond acceptors (Lipinski definition) is 3. The first kappa shape index (κ1) is 17.7. The molecule has 3 aromatic rings. The number of aryl methyl sites for hydroxylation is 2. The van der Waals surface area contributed by atoms with Gasteiger partial charge in [-0.2, -0.15) is 0 Å². The minimum absolute atomic E-state index is 0.0238. The van der Waals surface area contributed by atoms with Gasteiger partial charge in [-0.05, 0) is 61.2 Å². The molecular formula is C21H19FN2O2S. The van der Waals surface area contributed by atoms with Crippen LogP contribution in [0.2, 0.25) is 0 Å². The molecule has 0 atom stereocenters. The number of anilines is 2. The highest BCUT2D eigenvalue weighted by Crippen LogP contribution is 2.34. The highest BCUT2D eigenvalue weighted by molar-refractivity contribution is 7.21. The Balaban J connectivity index is 1.63. The smallest absolute Gasteiger partial charge is 0.266 e. The Bertz CT molecular complexity index is 1070. The summed E-state index contributed by atoms with van der Waals surface area (Å²) in [6.45, 7) is 4.06. The largest absolute Gasteiger partial charge is 0.321 e. The second-order valence-corrected chi connectivity index (χ2v) is 7.79. The van der Waals surface area contributed by atoms with Crippen molar-refractivity contribution in [1.82, 2.24) is 0 Å². The first-order valence-corrected chi connectivity index (χ1v) is 9.67. The Kier molecular flexibility index (Phi) is 4.44. The molecule has 2 amide bonds. The van der Waals surface area contributed by atoms with E-state index in [4.69, 9.17) is 0 Å². The standard InChI is InChI=1S/C21H19FN2O2S/c1-12-19-16(22)6-3-7-18(19)27-20(12)21(26)23-15-8-9-17-14(11-15)5-4-10-24(17)13(2)25/h3,6-9,11H,4-5,10H2,1-2H3,(H,23,26). The Labute approximate surface area is 160 Å². The Morgan fingerprint density at radius 2 is 2.04 bits per heavy atom. The Morgan fingerprint density at radius 1 is 1.22 bits per heavy atom. The van der Waals surface area contributed by atoms with Crippen molar-refractivity contribution < 1.29 is 14.0 Å². The molecule has 1 N–H and O–H groups in total. The predicted octanol–water partition coefficient (Wildman–Crippen LogP) is 4.90. The van der Waals surface area contributed by atoms with E-state index in [1.165, 1.54) is 17.4 Å². The van der Waals surface area contributed by atoms with E-state index in [-0.39, 0.29) is 17.6 Å². The highest BCUT2D eigenvalue weighted by atomic mass is 32.1. The van der Waals surface area contributed by atoms with Crippen LogP contribution < -0.4 is 10.2 Å². The summed E-state index contributed by atoms with van der Waals surface area (Å²) in [5, 5.41) is 3.43. The van der Waals surface area contributed by atoms with Crippen LogP contribution in [0.5, 0.6) is 0 Å². The molecule has 138 valence electrons. The number of carbonyl (C=O) groups is 2. The van der Waals surface area contributed by atoms with E-state index in [2.05, 4.69) is 5.32 Å². The average molecular weight is 382 g/mol. The molecule has 0 aliphatic carbocycles. The molecule has 27 heavy (non-hydrogen) atoms. The van der Waals surface area contributed by atoms with Gasteiger partial charge in [-0.25, -0.2) is 4.39 Å². The maximum atomic E-state index is 14.1. The van der Waals surface area contributed by atoms with E-state index in [9.17, 15) is 14.0 Å². The third-order valence-electron chi connectivity index (χ3n) is 4.95. The molecule has 1 aliphatic heterocycles. The third-order valence-corrected chi connectivity index (χ3v) is 6.20. The fourth-order valence-corrected chi connectivity index (χ4v) is 4.78. The molecule has 0 bridgehead atoms. The minimum Gasteiger partial charge on any atom is -0.321 e. The van der Waals surface area contributed by atoms with E-state index in [1.807, 2.05) is 18.2 Å². The maximum Gasteiger partial charge on any atom is 0.266 e. The van der Waals surface area contributed by atoms with Gasteiger partial charge in [0.25, 0.3) is 5.91 Å². The SMILES string of the molecule is CC(=O)N1CCCc2cc(NC(=O)c3sc4cccc(F)c4c3C)ccc21. The number of benzene rings is 2. The molecule has 0 saturated heterocycles. The molecule has 2 aromatic carbocycles. The van der Waals surface area contributed by atoms with Crippen LogP contribution in [0.1, 0.15) is 34.1 Å². The van der Waals surface area contributed by atoms with Gasteiger partial charge in [0.2, 0.25) is 5.91 Å². The molecule has 0 spiro atoms. The molecule has 0 saturated carbocycles. The maximum absolute atomic E-state index is 14.1. The lowest BCUT2D eigenvalue weighted by atomic mass is 10.0. The van der Waals surface area contributed by atoms with Crippen LogP contribution >= 0.6 is 11.3 Å². The predicted molar refractivity (Wildman–Crippen MR) is 107 cm³/mol. The number of carbonyl (C=O) groups excluding carboxylic acids is 2. The fraction of sp³-hybridized carbons (Fsp3) is 0.238. The molecule has 4 rings (SSSR count). The molecule has 4 nitrogen and oxygen atoms in total. The van der Waals surface area contributed by atoms with Crippen LogP contribution in [-0.2, 0) is 11.2 Å². The van der Waals surface area contributed by atoms with Crippen molar-refractivity contribution in [3.8, 4) is 0 Å². The van der Waals surface area contributed by atoms with Gasteiger partial charge in [-0.3, -0.25) is 9.59 Å². The van der Waals surface area contributed by atoms with Crippen LogP contribution in [0.4, 0.5) is 15.8 Å².